The Labute approximate surface area is 105 Å². The summed E-state index contributed by atoms with van der Waals surface area (Å²) in [4.78, 5) is 0. The highest BCUT2D eigenvalue weighted by Crippen LogP contribution is 2.35. The van der Waals surface area contributed by atoms with Crippen LogP contribution in [0.3, 0.4) is 0 Å². The van der Waals surface area contributed by atoms with Crippen LogP contribution >= 0.6 is 65.8 Å². The van der Waals surface area contributed by atoms with Gasteiger partial charge in [0.05, 0.1) is 3.79 Å². The Morgan fingerprint density at radius 1 is 1.17 bits per heavy atom. The summed E-state index contributed by atoms with van der Waals surface area (Å²) in [7, 11) is 0. The first-order chi connectivity index (χ1) is 5.66. The third-order valence-electron chi connectivity index (χ3n) is 1.51. The van der Waals surface area contributed by atoms with Gasteiger partial charge in [-0.15, -0.1) is 11.3 Å². The number of fused-ring (bicyclic) bond motifs is 1. The zero-order valence-corrected chi connectivity index (χ0v) is 11.9. The number of thiophene rings is 1. The molecule has 0 saturated carbocycles. The van der Waals surface area contributed by atoms with Gasteiger partial charge in [0.15, 0.2) is 0 Å². The lowest BCUT2D eigenvalue weighted by Gasteiger charge is -1.94. The van der Waals surface area contributed by atoms with Gasteiger partial charge in [-0.25, -0.2) is 0 Å². The molecule has 1 aromatic heterocycles. The molecule has 62 valence electrons. The van der Waals surface area contributed by atoms with Crippen LogP contribution in [0.15, 0.2) is 26.5 Å². The van der Waals surface area contributed by atoms with Gasteiger partial charge in [0, 0.05) is 12.7 Å². The van der Waals surface area contributed by atoms with Crippen LogP contribution in [-0.2, 0) is 0 Å². The minimum Gasteiger partial charge on any atom is -0.127 e. The van der Waals surface area contributed by atoms with E-state index in [9.17, 15) is 0 Å². The Hall–Kier alpha value is 0.870. The van der Waals surface area contributed by atoms with E-state index in [1.54, 1.807) is 11.3 Å². The maximum absolute atomic E-state index is 3.55. The average molecular weight is 418 g/mol. The molecule has 0 bridgehead atoms. The SMILES string of the molecule is Brc1cc2cc(I)cc(Br)c2s1. The lowest BCUT2D eigenvalue weighted by molar-refractivity contribution is 1.71. The Kier molecular flexibility index (Phi) is 2.79. The standard InChI is InChI=1S/C8H3Br2IS/c9-6-3-5(11)1-4-2-7(10)12-8(4)6/h1-3H. The monoisotopic (exact) mass is 416 g/mol. The summed E-state index contributed by atoms with van der Waals surface area (Å²) in [5.74, 6) is 0. The fourth-order valence-corrected chi connectivity index (χ4v) is 4.34. The molecule has 0 spiro atoms. The van der Waals surface area contributed by atoms with E-state index in [2.05, 4.69) is 72.6 Å². The second-order valence-electron chi connectivity index (χ2n) is 2.36. The van der Waals surface area contributed by atoms with Crippen LogP contribution < -0.4 is 0 Å². The van der Waals surface area contributed by atoms with Crippen molar-refractivity contribution in [3.8, 4) is 0 Å². The van der Waals surface area contributed by atoms with Crippen LogP contribution in [0.5, 0.6) is 0 Å². The van der Waals surface area contributed by atoms with Crippen molar-refractivity contribution in [3.05, 3.63) is 30.0 Å². The molecule has 0 radical (unpaired) electrons. The van der Waals surface area contributed by atoms with Gasteiger partial charge in [-0.3, -0.25) is 0 Å². The molecule has 2 aromatic rings. The number of hydrogen-bond acceptors (Lipinski definition) is 1. The van der Waals surface area contributed by atoms with E-state index >= 15 is 0 Å². The fourth-order valence-electron chi connectivity index (χ4n) is 1.04. The summed E-state index contributed by atoms with van der Waals surface area (Å²) in [5, 5.41) is 1.30. The van der Waals surface area contributed by atoms with Gasteiger partial charge in [-0.1, -0.05) is 0 Å². The molecule has 2 rings (SSSR count). The summed E-state index contributed by atoms with van der Waals surface area (Å²) < 4.78 is 4.93. The molecule has 1 aromatic carbocycles. The van der Waals surface area contributed by atoms with Crippen molar-refractivity contribution in [2.75, 3.05) is 0 Å². The van der Waals surface area contributed by atoms with E-state index in [-0.39, 0.29) is 0 Å². The Morgan fingerprint density at radius 3 is 2.67 bits per heavy atom. The van der Waals surface area contributed by atoms with Crippen molar-refractivity contribution in [3.63, 3.8) is 0 Å². The van der Waals surface area contributed by atoms with E-state index < -0.39 is 0 Å². The van der Waals surface area contributed by atoms with E-state index in [1.807, 2.05) is 0 Å². The molecule has 1 heterocycles. The number of benzene rings is 1. The van der Waals surface area contributed by atoms with Crippen molar-refractivity contribution in [2.24, 2.45) is 0 Å². The van der Waals surface area contributed by atoms with Crippen LogP contribution in [0, 0.1) is 3.57 Å². The van der Waals surface area contributed by atoms with E-state index in [1.165, 1.54) is 21.9 Å². The average Bonchev–Trinajstić information content (AvgIpc) is 2.29. The summed E-state index contributed by atoms with van der Waals surface area (Å²) in [6.45, 7) is 0. The summed E-state index contributed by atoms with van der Waals surface area (Å²) in [6, 6.07) is 6.46. The van der Waals surface area contributed by atoms with Gasteiger partial charge in [0.2, 0.25) is 0 Å². The second kappa shape index (κ2) is 3.55. The number of hydrogen-bond donors (Lipinski definition) is 0. The fraction of sp³-hybridized carbons (Fsp3) is 0. The van der Waals surface area contributed by atoms with Gasteiger partial charge >= 0.3 is 0 Å². The largest absolute Gasteiger partial charge is 0.127 e. The predicted molar refractivity (Wildman–Crippen MR) is 69.9 cm³/mol. The zero-order valence-electron chi connectivity index (χ0n) is 5.77. The normalized spacial score (nSPS) is 10.9. The third-order valence-corrected chi connectivity index (χ3v) is 4.70. The Morgan fingerprint density at radius 2 is 1.92 bits per heavy atom. The highest BCUT2D eigenvalue weighted by molar-refractivity contribution is 14.1. The highest BCUT2D eigenvalue weighted by Gasteiger charge is 2.04. The lowest BCUT2D eigenvalue weighted by Crippen LogP contribution is -1.70. The summed E-state index contributed by atoms with van der Waals surface area (Å²) in [6.07, 6.45) is 0. The molecule has 12 heavy (non-hydrogen) atoms. The Bertz CT molecular complexity index is 436. The molecule has 0 saturated heterocycles. The molecule has 0 aliphatic carbocycles. The van der Waals surface area contributed by atoms with Gasteiger partial charge in [0.25, 0.3) is 0 Å². The van der Waals surface area contributed by atoms with Crippen molar-refractivity contribution in [1.82, 2.24) is 0 Å². The van der Waals surface area contributed by atoms with Gasteiger partial charge in [0.1, 0.15) is 0 Å². The van der Waals surface area contributed by atoms with Crippen molar-refractivity contribution in [1.29, 1.82) is 0 Å². The minimum absolute atomic E-state index is 1.18. The van der Waals surface area contributed by atoms with Crippen molar-refractivity contribution < 1.29 is 0 Å². The first kappa shape index (κ1) is 9.43. The first-order valence-electron chi connectivity index (χ1n) is 3.21. The topological polar surface area (TPSA) is 0 Å². The van der Waals surface area contributed by atoms with Crippen LogP contribution in [0.2, 0.25) is 0 Å². The summed E-state index contributed by atoms with van der Waals surface area (Å²) >= 11 is 11.1. The van der Waals surface area contributed by atoms with Crippen LogP contribution in [-0.4, -0.2) is 0 Å². The quantitative estimate of drug-likeness (QED) is 0.527. The molecule has 0 nitrogen and oxygen atoms in total. The van der Waals surface area contributed by atoms with E-state index in [0.29, 0.717) is 0 Å². The van der Waals surface area contributed by atoms with Gasteiger partial charge in [-0.05, 0) is 78.0 Å². The number of rotatable bonds is 0. The molecule has 0 aliphatic rings. The van der Waals surface area contributed by atoms with Crippen molar-refractivity contribution in [2.45, 2.75) is 0 Å². The molecule has 0 atom stereocenters. The molecule has 0 aliphatic heterocycles. The molecule has 0 unspecified atom stereocenters. The highest BCUT2D eigenvalue weighted by atomic mass is 127. The van der Waals surface area contributed by atoms with Crippen LogP contribution in [0.4, 0.5) is 0 Å². The molecular formula is C8H3Br2IS. The van der Waals surface area contributed by atoms with Gasteiger partial charge in [-0.2, -0.15) is 0 Å². The molecule has 0 N–H and O–H groups in total. The smallest absolute Gasteiger partial charge is 0.0711 e. The lowest BCUT2D eigenvalue weighted by atomic mass is 10.3. The summed E-state index contributed by atoms with van der Waals surface area (Å²) in [5.41, 5.74) is 0. The Balaban J connectivity index is 2.88. The first-order valence-corrected chi connectivity index (χ1v) is 6.69. The zero-order chi connectivity index (χ0) is 8.72. The third kappa shape index (κ3) is 1.71. The molecule has 4 heteroatoms. The van der Waals surface area contributed by atoms with E-state index in [0.717, 1.165) is 0 Å². The minimum atomic E-state index is 1.18. The number of halogens is 3. The predicted octanol–water partition coefficient (Wildman–Crippen LogP) is 5.03. The van der Waals surface area contributed by atoms with E-state index in [4.69, 9.17) is 0 Å². The van der Waals surface area contributed by atoms with Crippen LogP contribution in [0.1, 0.15) is 0 Å². The molecule has 0 fully saturated rings. The van der Waals surface area contributed by atoms with Gasteiger partial charge < -0.3 is 0 Å². The maximum atomic E-state index is 3.55. The molecule has 0 amide bonds. The van der Waals surface area contributed by atoms with Crippen LogP contribution in [0.25, 0.3) is 10.1 Å². The maximum Gasteiger partial charge on any atom is 0.0711 e. The second-order valence-corrected chi connectivity index (χ2v) is 6.89. The van der Waals surface area contributed by atoms with Crippen molar-refractivity contribution >= 4 is 75.9 Å². The molecular weight excluding hydrogens is 415 g/mol.